The Morgan fingerprint density at radius 3 is 2.23 bits per heavy atom. The fourth-order valence-corrected chi connectivity index (χ4v) is 10.9. The molecule has 6 aromatic rings. The molecule has 2 fully saturated rings. The van der Waals surface area contributed by atoms with Crippen molar-refractivity contribution in [2.45, 2.75) is 112 Å². The summed E-state index contributed by atoms with van der Waals surface area (Å²) in [6, 6.07) is 15.8. The van der Waals surface area contributed by atoms with Gasteiger partial charge in [-0.3, -0.25) is 38.3 Å². The number of β-amino-alcohol motifs (C(OH)–C–C–N with tert-alkyl or cyclic N) is 1. The zero-order chi connectivity index (χ0) is 56.5. The molecule has 0 aliphatic carbocycles. The molecule has 20 nitrogen and oxygen atoms in total. The van der Waals surface area contributed by atoms with E-state index >= 15 is 0 Å². The number of aromatic amines is 1. The zero-order valence-corrected chi connectivity index (χ0v) is 47.3. The average Bonchev–Trinajstić information content (AvgIpc) is 4.20. The van der Waals surface area contributed by atoms with Crippen molar-refractivity contribution >= 4 is 57.6 Å². The first kappa shape index (κ1) is 57.8. The number of nitrogens with one attached hydrogen (secondary N) is 5. The van der Waals surface area contributed by atoms with Gasteiger partial charge in [0.2, 0.25) is 23.6 Å². The fourth-order valence-electron chi connectivity index (χ4n) is 10.1. The highest BCUT2D eigenvalue weighted by Crippen LogP contribution is 2.32. The van der Waals surface area contributed by atoms with Gasteiger partial charge in [0.25, 0.3) is 11.5 Å². The van der Waals surface area contributed by atoms with Crippen molar-refractivity contribution < 1.29 is 33.8 Å². The fraction of sp³-hybridized carbons (Fsp3) is 0.466. The van der Waals surface area contributed by atoms with Crippen molar-refractivity contribution in [1.82, 2.24) is 55.8 Å². The number of aliphatic hydroxyl groups is 1. The van der Waals surface area contributed by atoms with Crippen LogP contribution in [0, 0.1) is 26.2 Å². The van der Waals surface area contributed by atoms with Crippen LogP contribution in [0.25, 0.3) is 32.5 Å². The van der Waals surface area contributed by atoms with E-state index in [1.54, 1.807) is 17.5 Å². The number of H-pyrrole nitrogens is 1. The second-order valence-electron chi connectivity index (χ2n) is 21.9. The minimum atomic E-state index is -0.968. The number of amides is 5. The van der Waals surface area contributed by atoms with Crippen LogP contribution < -0.4 is 31.7 Å². The number of nitrogens with zero attached hydrogens (tertiary/aromatic N) is 7. The molecular weight excluding hydrogens is 1020 g/mol. The Kier molecular flexibility index (Phi) is 18.8. The van der Waals surface area contributed by atoms with Crippen molar-refractivity contribution in [2.75, 3.05) is 63.9 Å². The molecule has 2 aliphatic rings. The van der Waals surface area contributed by atoms with Crippen molar-refractivity contribution in [3.63, 3.8) is 0 Å². The van der Waals surface area contributed by atoms with Crippen LogP contribution in [-0.2, 0) is 37.0 Å². The lowest BCUT2D eigenvalue weighted by atomic mass is 9.85. The maximum Gasteiger partial charge on any atom is 0.253 e. The predicted molar refractivity (Wildman–Crippen MR) is 304 cm³/mol. The Labute approximate surface area is 464 Å². The van der Waals surface area contributed by atoms with E-state index in [0.717, 1.165) is 87.0 Å². The van der Waals surface area contributed by atoms with Crippen LogP contribution in [0.15, 0.2) is 77.3 Å². The number of piperazine rings is 1. The molecule has 8 rings (SSSR count). The van der Waals surface area contributed by atoms with Gasteiger partial charge in [-0.25, -0.2) is 9.97 Å². The van der Waals surface area contributed by atoms with Crippen molar-refractivity contribution in [3.05, 3.63) is 116 Å². The molecule has 2 saturated heterocycles. The molecule has 79 heavy (non-hydrogen) atoms. The quantitative estimate of drug-likeness (QED) is 0.0509. The number of likely N-dealkylation sites (tertiary alicyclic amines) is 1. The number of pyridine rings is 2. The number of aromatic nitrogens is 5. The van der Waals surface area contributed by atoms with Gasteiger partial charge in [0.05, 0.1) is 52.7 Å². The number of fused-ring (bicyclic) bond motifs is 1. The summed E-state index contributed by atoms with van der Waals surface area (Å²) in [5.41, 5.74) is 8.80. The molecule has 5 amide bonds. The molecule has 0 spiro atoms. The van der Waals surface area contributed by atoms with E-state index in [9.17, 15) is 33.9 Å². The monoisotopic (exact) mass is 1100 g/mol. The smallest absolute Gasteiger partial charge is 0.253 e. The zero-order valence-electron chi connectivity index (χ0n) is 46.5. The summed E-state index contributed by atoms with van der Waals surface area (Å²) in [5, 5.41) is 27.6. The van der Waals surface area contributed by atoms with E-state index in [2.05, 4.69) is 46.1 Å². The van der Waals surface area contributed by atoms with Gasteiger partial charge in [-0.2, -0.15) is 5.10 Å². The van der Waals surface area contributed by atoms with E-state index in [1.807, 2.05) is 126 Å². The third kappa shape index (κ3) is 14.5. The molecule has 2 aliphatic heterocycles. The SMILES string of the molecule is Cc1cc(C)c(CNC(=O)c2cc(-c3ccc(N4CCN(CCNC(=O)CCOCCC(=O)N[C@H](C(=O)N5C[C@H](O)C[C@H]5C(=O)NCc5ccc(-c6scnc6C)cc5)C(C)(C)C)CC4)nc3)cc3c2cnn3C(C)C)c(=O)[nH]1. The Morgan fingerprint density at radius 2 is 1.57 bits per heavy atom. The number of hydrogen-bond acceptors (Lipinski definition) is 14. The number of carbonyl (C=O) groups is 5. The van der Waals surface area contributed by atoms with Crippen molar-refractivity contribution in [2.24, 2.45) is 5.41 Å². The van der Waals surface area contributed by atoms with E-state index in [4.69, 9.17) is 9.72 Å². The topological polar surface area (TPSA) is 249 Å². The highest BCUT2D eigenvalue weighted by molar-refractivity contribution is 7.13. The number of carbonyl (C=O) groups excluding carboxylic acids is 5. The molecule has 21 heteroatoms. The Bertz CT molecular complexity index is 3190. The lowest BCUT2D eigenvalue weighted by Crippen LogP contribution is -2.57. The first-order valence-corrected chi connectivity index (χ1v) is 27.9. The lowest BCUT2D eigenvalue weighted by Gasteiger charge is -2.35. The minimum absolute atomic E-state index is 0.0271. The molecule has 0 bridgehead atoms. The highest BCUT2D eigenvalue weighted by atomic mass is 32.1. The summed E-state index contributed by atoms with van der Waals surface area (Å²) in [5.74, 6) is -0.855. The van der Waals surface area contributed by atoms with Crippen molar-refractivity contribution in [3.8, 4) is 21.6 Å². The largest absolute Gasteiger partial charge is 0.391 e. The van der Waals surface area contributed by atoms with Crippen LogP contribution in [0.4, 0.5) is 5.82 Å². The number of rotatable bonds is 21. The van der Waals surface area contributed by atoms with E-state index in [0.29, 0.717) is 24.2 Å². The number of hydrogen-bond donors (Lipinski definition) is 6. The van der Waals surface area contributed by atoms with E-state index in [-0.39, 0.29) is 81.4 Å². The second kappa shape index (κ2) is 25.6. The maximum atomic E-state index is 14.0. The molecule has 6 N–H and O–H groups in total. The number of aryl methyl sites for hydroxylation is 3. The lowest BCUT2D eigenvalue weighted by molar-refractivity contribution is -0.144. The molecular formula is C58H74N12O8S. The van der Waals surface area contributed by atoms with Gasteiger partial charge in [0.15, 0.2) is 0 Å². The van der Waals surface area contributed by atoms with Gasteiger partial charge in [-0.1, -0.05) is 45.0 Å². The number of ether oxygens (including phenoxy) is 1. The van der Waals surface area contributed by atoms with E-state index < -0.39 is 35.4 Å². The third-order valence-electron chi connectivity index (χ3n) is 14.6. The average molecular weight is 1100 g/mol. The summed E-state index contributed by atoms with van der Waals surface area (Å²) >= 11 is 1.57. The van der Waals surface area contributed by atoms with Crippen LogP contribution in [-0.4, -0.2) is 146 Å². The van der Waals surface area contributed by atoms with Crippen LogP contribution in [0.5, 0.6) is 0 Å². The Balaban J connectivity index is 0.736. The third-order valence-corrected chi connectivity index (χ3v) is 15.5. The number of anilines is 1. The number of aliphatic hydroxyl groups excluding tert-OH is 1. The number of thiazole rings is 1. The minimum Gasteiger partial charge on any atom is -0.391 e. The standard InChI is InChI=1S/C58H74N12O8S/c1-35(2)70-47-27-42(26-44(46(47)32-64-70)54(74)62-31-45-36(3)25-37(4)65-55(45)75)41-13-14-49(60-30-41)68-21-19-67(20-22-68)18-17-59-50(72)15-23-78-24-16-51(73)66-53(58(6,7)8)57(77)69-33-43(71)28-48(69)56(76)61-29-39-9-11-40(12-10-39)52-38(5)63-34-79-52/h9-14,25-27,30,32,34-35,43,48,53,71H,15-24,28-29,31,33H2,1-8H3,(H,59,72)(H,61,76)(H,62,74)(H,65,75)(H,66,73)/t43-,48+,53-/m1/s1. The normalized spacial score (nSPS) is 16.3. The van der Waals surface area contributed by atoms with Gasteiger partial charge in [-0.15, -0.1) is 11.3 Å². The van der Waals surface area contributed by atoms with Gasteiger partial charge < -0.3 is 45.9 Å². The molecule has 0 saturated carbocycles. The summed E-state index contributed by atoms with van der Waals surface area (Å²) < 4.78 is 7.55. The summed E-state index contributed by atoms with van der Waals surface area (Å²) in [6.45, 7) is 19.9. The molecule has 2 aromatic carbocycles. The van der Waals surface area contributed by atoms with Gasteiger partial charge in [-0.05, 0) is 92.6 Å². The first-order chi connectivity index (χ1) is 37.7. The van der Waals surface area contributed by atoms with Crippen LogP contribution in [0.2, 0.25) is 0 Å². The highest BCUT2D eigenvalue weighted by Gasteiger charge is 2.44. The predicted octanol–water partition coefficient (Wildman–Crippen LogP) is 5.19. The Hall–Kier alpha value is -7.33. The van der Waals surface area contributed by atoms with Crippen molar-refractivity contribution in [1.29, 1.82) is 0 Å². The molecule has 3 atom stereocenters. The van der Waals surface area contributed by atoms with E-state index in [1.165, 1.54) is 4.90 Å². The summed E-state index contributed by atoms with van der Waals surface area (Å²) in [4.78, 5) is 98.8. The molecule has 420 valence electrons. The second-order valence-corrected chi connectivity index (χ2v) is 22.8. The molecule has 0 unspecified atom stereocenters. The van der Waals surface area contributed by atoms with Crippen LogP contribution in [0.3, 0.4) is 0 Å². The van der Waals surface area contributed by atoms with Crippen LogP contribution in [0.1, 0.15) is 98.4 Å². The first-order valence-electron chi connectivity index (χ1n) is 27.1. The van der Waals surface area contributed by atoms with Crippen LogP contribution >= 0.6 is 11.3 Å². The molecule has 0 radical (unpaired) electrons. The number of benzene rings is 2. The summed E-state index contributed by atoms with van der Waals surface area (Å²) in [7, 11) is 0. The Morgan fingerprint density at radius 1 is 0.848 bits per heavy atom. The molecule has 4 aromatic heterocycles. The van der Waals surface area contributed by atoms with Gasteiger partial charge >= 0.3 is 0 Å². The van der Waals surface area contributed by atoms with Gasteiger partial charge in [0.1, 0.15) is 17.9 Å². The maximum absolute atomic E-state index is 14.0. The summed E-state index contributed by atoms with van der Waals surface area (Å²) in [6.07, 6.45) is 2.83. The van der Waals surface area contributed by atoms with Gasteiger partial charge in [0, 0.05) is 113 Å². The molecule has 6 heterocycles.